The van der Waals surface area contributed by atoms with Gasteiger partial charge in [0.1, 0.15) is 5.82 Å². The molecule has 17 heavy (non-hydrogen) atoms. The number of imidazole rings is 1. The fraction of sp³-hybridized carbons (Fsp3) is 0. The van der Waals surface area contributed by atoms with E-state index in [9.17, 15) is 4.57 Å². The van der Waals surface area contributed by atoms with Crippen LogP contribution in [0.3, 0.4) is 0 Å². The first-order valence-corrected chi connectivity index (χ1v) is 6.53. The van der Waals surface area contributed by atoms with Gasteiger partial charge in [0.05, 0.1) is 11.0 Å². The largest absolute Gasteiger partial charge is 0.349 e. The molecular formula is C11H11N2O3P. The predicted octanol–water partition coefficient (Wildman–Crippen LogP) is 2.29. The van der Waals surface area contributed by atoms with Gasteiger partial charge in [-0.2, -0.15) is 0 Å². The number of hydrogen-bond acceptors (Lipinski definition) is 2. The second kappa shape index (κ2) is 4.30. The van der Waals surface area contributed by atoms with Crippen molar-refractivity contribution in [2.24, 2.45) is 0 Å². The van der Waals surface area contributed by atoms with Crippen LogP contribution in [0.15, 0.2) is 36.7 Å². The summed E-state index contributed by atoms with van der Waals surface area (Å²) in [6.45, 7) is 3.65. The summed E-state index contributed by atoms with van der Waals surface area (Å²) >= 11 is 0. The van der Waals surface area contributed by atoms with Crippen molar-refractivity contribution in [3.8, 4) is 0 Å². The maximum absolute atomic E-state index is 10.8. The Kier molecular flexibility index (Phi) is 2.98. The molecule has 0 aliphatic rings. The fourth-order valence-electron chi connectivity index (χ4n) is 1.54. The maximum Gasteiger partial charge on any atom is 0.349 e. The van der Waals surface area contributed by atoms with Crippen molar-refractivity contribution >= 4 is 30.9 Å². The van der Waals surface area contributed by atoms with E-state index in [1.807, 2.05) is 24.3 Å². The lowest BCUT2D eigenvalue weighted by Gasteiger charge is -1.98. The lowest BCUT2D eigenvalue weighted by molar-refractivity contribution is 0.386. The first-order valence-electron chi connectivity index (χ1n) is 4.85. The van der Waals surface area contributed by atoms with Gasteiger partial charge in [0.25, 0.3) is 0 Å². The van der Waals surface area contributed by atoms with E-state index < -0.39 is 7.60 Å². The Labute approximate surface area is 97.9 Å². The highest BCUT2D eigenvalue weighted by Gasteiger charge is 2.09. The molecule has 0 aliphatic heterocycles. The van der Waals surface area contributed by atoms with Crippen molar-refractivity contribution in [2.45, 2.75) is 0 Å². The Morgan fingerprint density at radius 3 is 2.71 bits per heavy atom. The third-order valence-electron chi connectivity index (χ3n) is 2.22. The standard InChI is InChI=1S/C11H11N2O3P/c1-2-13-10-6-4-3-5-9(10)12-11(13)7-8-17(14,15)16/h2-8H,1H2,(H2,14,15,16). The van der Waals surface area contributed by atoms with Crippen LogP contribution in [0.4, 0.5) is 0 Å². The number of aromatic nitrogens is 2. The third kappa shape index (κ3) is 2.53. The molecule has 88 valence electrons. The Bertz CT molecular complexity index is 639. The summed E-state index contributed by atoms with van der Waals surface area (Å²) in [6, 6.07) is 7.39. The van der Waals surface area contributed by atoms with Gasteiger partial charge in [-0.1, -0.05) is 18.7 Å². The normalized spacial score (nSPS) is 12.4. The molecule has 0 amide bonds. The van der Waals surface area contributed by atoms with Crippen molar-refractivity contribution in [3.05, 3.63) is 42.5 Å². The van der Waals surface area contributed by atoms with E-state index in [-0.39, 0.29) is 0 Å². The van der Waals surface area contributed by atoms with E-state index in [0.29, 0.717) is 5.82 Å². The first kappa shape index (κ1) is 11.8. The molecule has 6 heteroatoms. The molecule has 0 saturated heterocycles. The molecule has 1 aromatic heterocycles. The van der Waals surface area contributed by atoms with Crippen molar-refractivity contribution in [2.75, 3.05) is 0 Å². The molecular weight excluding hydrogens is 239 g/mol. The highest BCUT2D eigenvalue weighted by atomic mass is 31.2. The molecule has 2 aromatic rings. The van der Waals surface area contributed by atoms with Crippen molar-refractivity contribution < 1.29 is 14.4 Å². The van der Waals surface area contributed by atoms with Gasteiger partial charge in [0, 0.05) is 12.0 Å². The van der Waals surface area contributed by atoms with Crippen LogP contribution in [-0.2, 0) is 4.57 Å². The fourth-order valence-corrected chi connectivity index (χ4v) is 1.86. The highest BCUT2D eigenvalue weighted by Crippen LogP contribution is 2.36. The zero-order valence-electron chi connectivity index (χ0n) is 8.89. The lowest BCUT2D eigenvalue weighted by Crippen LogP contribution is -1.88. The summed E-state index contributed by atoms with van der Waals surface area (Å²) in [6.07, 6.45) is 2.84. The van der Waals surface area contributed by atoms with Crippen molar-refractivity contribution in [1.29, 1.82) is 0 Å². The summed E-state index contributed by atoms with van der Waals surface area (Å²) < 4.78 is 12.4. The van der Waals surface area contributed by atoms with E-state index in [4.69, 9.17) is 9.79 Å². The summed E-state index contributed by atoms with van der Waals surface area (Å²) in [5.41, 5.74) is 1.59. The molecule has 5 nitrogen and oxygen atoms in total. The smallest absolute Gasteiger partial charge is 0.321 e. The summed E-state index contributed by atoms with van der Waals surface area (Å²) in [4.78, 5) is 21.8. The molecule has 2 N–H and O–H groups in total. The number of para-hydroxylation sites is 2. The molecule has 0 bridgehead atoms. The van der Waals surface area contributed by atoms with Crippen molar-refractivity contribution in [1.82, 2.24) is 9.55 Å². The van der Waals surface area contributed by atoms with Crippen LogP contribution in [0.2, 0.25) is 0 Å². The molecule has 0 radical (unpaired) electrons. The van der Waals surface area contributed by atoms with E-state index in [1.54, 1.807) is 10.8 Å². The Morgan fingerprint density at radius 1 is 1.35 bits per heavy atom. The maximum atomic E-state index is 10.8. The van der Waals surface area contributed by atoms with Crippen LogP contribution >= 0.6 is 7.60 Å². The molecule has 0 spiro atoms. The Morgan fingerprint density at radius 2 is 2.06 bits per heavy atom. The number of rotatable bonds is 3. The van der Waals surface area contributed by atoms with Crippen LogP contribution in [0.1, 0.15) is 5.82 Å². The summed E-state index contributed by atoms with van der Waals surface area (Å²) in [7, 11) is -4.17. The molecule has 1 aromatic carbocycles. The van der Waals surface area contributed by atoms with E-state index in [1.165, 1.54) is 6.08 Å². The lowest BCUT2D eigenvalue weighted by atomic mass is 10.3. The average molecular weight is 250 g/mol. The summed E-state index contributed by atoms with van der Waals surface area (Å²) in [5, 5.41) is 0. The molecule has 0 fully saturated rings. The van der Waals surface area contributed by atoms with Gasteiger partial charge in [-0.25, -0.2) is 4.98 Å². The molecule has 0 unspecified atom stereocenters. The topological polar surface area (TPSA) is 75.4 Å². The molecule has 0 atom stereocenters. The predicted molar refractivity (Wildman–Crippen MR) is 67.2 cm³/mol. The van der Waals surface area contributed by atoms with Gasteiger partial charge in [0.2, 0.25) is 0 Å². The zero-order valence-corrected chi connectivity index (χ0v) is 9.79. The Balaban J connectivity index is 2.58. The van der Waals surface area contributed by atoms with Gasteiger partial charge in [-0.15, -0.1) is 0 Å². The minimum Gasteiger partial charge on any atom is -0.321 e. The first-order chi connectivity index (χ1) is 8.01. The van der Waals surface area contributed by atoms with Gasteiger partial charge in [0.15, 0.2) is 0 Å². The number of nitrogens with zero attached hydrogens (tertiary/aromatic N) is 2. The van der Waals surface area contributed by atoms with Crippen LogP contribution in [0.5, 0.6) is 0 Å². The highest BCUT2D eigenvalue weighted by molar-refractivity contribution is 7.55. The van der Waals surface area contributed by atoms with Crippen LogP contribution in [0.25, 0.3) is 23.3 Å². The van der Waals surface area contributed by atoms with Crippen LogP contribution in [-0.4, -0.2) is 19.3 Å². The number of fused-ring (bicyclic) bond motifs is 1. The average Bonchev–Trinajstić information content (AvgIpc) is 2.63. The molecule has 0 aliphatic carbocycles. The van der Waals surface area contributed by atoms with Gasteiger partial charge in [-0.3, -0.25) is 4.57 Å². The zero-order chi connectivity index (χ0) is 12.5. The second-order valence-electron chi connectivity index (χ2n) is 3.42. The minimum absolute atomic E-state index is 0.435. The van der Waals surface area contributed by atoms with E-state index >= 15 is 0 Å². The second-order valence-corrected chi connectivity index (χ2v) is 4.89. The summed E-state index contributed by atoms with van der Waals surface area (Å²) in [5.74, 6) is 1.26. The quantitative estimate of drug-likeness (QED) is 0.819. The molecule has 1 heterocycles. The Hall–Kier alpha value is -1.68. The SMILES string of the molecule is C=Cn1c(C=CP(=O)(O)O)nc2ccccc21. The van der Waals surface area contributed by atoms with E-state index in [0.717, 1.165) is 16.9 Å². The van der Waals surface area contributed by atoms with Gasteiger partial charge < -0.3 is 14.4 Å². The van der Waals surface area contributed by atoms with E-state index in [2.05, 4.69) is 11.6 Å². The van der Waals surface area contributed by atoms with Gasteiger partial charge >= 0.3 is 7.60 Å². The van der Waals surface area contributed by atoms with Crippen molar-refractivity contribution in [3.63, 3.8) is 0 Å². The minimum atomic E-state index is -4.17. The third-order valence-corrected chi connectivity index (χ3v) is 2.76. The molecule has 2 rings (SSSR count). The monoisotopic (exact) mass is 250 g/mol. The van der Waals surface area contributed by atoms with Crippen LogP contribution in [0, 0.1) is 0 Å². The molecule has 0 saturated carbocycles. The van der Waals surface area contributed by atoms with Crippen LogP contribution < -0.4 is 0 Å². The number of hydrogen-bond donors (Lipinski definition) is 2. The van der Waals surface area contributed by atoms with Gasteiger partial charge in [-0.05, 0) is 18.2 Å². The number of benzene rings is 1.